The molecule has 0 N–H and O–H groups in total. The summed E-state index contributed by atoms with van der Waals surface area (Å²) in [5.41, 5.74) is 0. The minimum Gasteiger partial charge on any atom is -0.548 e. The lowest BCUT2D eigenvalue weighted by atomic mass is 10.5. The number of hydrogen-bond acceptors (Lipinski definition) is 6. The molecule has 0 radical (unpaired) electrons. The molecule has 0 aliphatic heterocycles. The van der Waals surface area contributed by atoms with Gasteiger partial charge in [0.1, 0.15) is 4.58 Å². The molecule has 0 aliphatic carbocycles. The summed E-state index contributed by atoms with van der Waals surface area (Å²) in [6.45, 7) is 0. The number of pyridine rings is 2. The van der Waals surface area contributed by atoms with Crippen molar-refractivity contribution in [1.29, 1.82) is 0 Å². The summed E-state index contributed by atoms with van der Waals surface area (Å²) < 4.78 is -0.769. The zero-order chi connectivity index (χ0) is 12.8. The van der Waals surface area contributed by atoms with E-state index in [0.29, 0.717) is 10.1 Å². The first-order valence-electron chi connectivity index (χ1n) is 5.12. The van der Waals surface area contributed by atoms with Gasteiger partial charge in [-0.15, -0.1) is 0 Å². The van der Waals surface area contributed by atoms with Crippen LogP contribution in [0.25, 0.3) is 0 Å². The van der Waals surface area contributed by atoms with Gasteiger partial charge in [0.25, 0.3) is 0 Å². The second kappa shape index (κ2) is 6.42. The molecule has 4 nitrogen and oxygen atoms in total. The Morgan fingerprint density at radius 2 is 1.50 bits per heavy atom. The SMILES string of the molecule is O=C([O-])C(Sc1ccccn1)Sc1ccccn1. The monoisotopic (exact) mass is 277 g/mol. The van der Waals surface area contributed by atoms with Gasteiger partial charge >= 0.3 is 0 Å². The van der Waals surface area contributed by atoms with E-state index in [-0.39, 0.29) is 0 Å². The summed E-state index contributed by atoms with van der Waals surface area (Å²) in [7, 11) is 0. The predicted molar refractivity (Wildman–Crippen MR) is 69.0 cm³/mol. The smallest absolute Gasteiger partial charge is 0.102 e. The lowest BCUT2D eigenvalue weighted by Crippen LogP contribution is -2.31. The predicted octanol–water partition coefficient (Wildman–Crippen LogP) is 1.44. The third kappa shape index (κ3) is 3.75. The molecule has 0 fully saturated rings. The van der Waals surface area contributed by atoms with E-state index in [1.54, 1.807) is 36.7 Å². The van der Waals surface area contributed by atoms with Crippen LogP contribution in [0.15, 0.2) is 58.8 Å². The second-order valence-corrected chi connectivity index (χ2v) is 5.77. The number of carboxylic acid groups (broad SMARTS) is 1. The number of aromatic nitrogens is 2. The molecule has 2 rings (SSSR count). The van der Waals surface area contributed by atoms with Crippen LogP contribution >= 0.6 is 23.5 Å². The second-order valence-electron chi connectivity index (χ2n) is 3.22. The average Bonchev–Trinajstić information content (AvgIpc) is 2.40. The molecular formula is C12H9N2O2S2-. The number of nitrogens with zero attached hydrogens (tertiary/aromatic N) is 2. The van der Waals surface area contributed by atoms with Crippen molar-refractivity contribution in [2.45, 2.75) is 14.6 Å². The minimum atomic E-state index is -1.14. The Kier molecular flexibility index (Phi) is 4.60. The van der Waals surface area contributed by atoms with Crippen LogP contribution in [0, 0.1) is 0 Å². The Bertz CT molecular complexity index is 467. The fraction of sp³-hybridized carbons (Fsp3) is 0.0833. The zero-order valence-electron chi connectivity index (χ0n) is 9.22. The fourth-order valence-electron chi connectivity index (χ4n) is 1.17. The largest absolute Gasteiger partial charge is 0.548 e. The summed E-state index contributed by atoms with van der Waals surface area (Å²) in [5.74, 6) is -1.14. The number of thioether (sulfide) groups is 2. The van der Waals surface area contributed by atoms with Crippen molar-refractivity contribution >= 4 is 29.5 Å². The average molecular weight is 277 g/mol. The Hall–Kier alpha value is -1.53. The van der Waals surface area contributed by atoms with Crippen molar-refractivity contribution in [1.82, 2.24) is 9.97 Å². The van der Waals surface area contributed by atoms with Crippen molar-refractivity contribution in [2.75, 3.05) is 0 Å². The van der Waals surface area contributed by atoms with Gasteiger partial charge in [0.2, 0.25) is 0 Å². The molecule has 0 spiro atoms. The van der Waals surface area contributed by atoms with Gasteiger partial charge in [-0.2, -0.15) is 0 Å². The van der Waals surface area contributed by atoms with Gasteiger partial charge in [-0.25, -0.2) is 9.97 Å². The summed E-state index contributed by atoms with van der Waals surface area (Å²) in [4.78, 5) is 19.3. The molecule has 0 aliphatic rings. The van der Waals surface area contributed by atoms with E-state index in [0.717, 1.165) is 23.5 Å². The van der Waals surface area contributed by atoms with Crippen LogP contribution in [0.5, 0.6) is 0 Å². The molecule has 0 aromatic carbocycles. The highest BCUT2D eigenvalue weighted by atomic mass is 32.2. The van der Waals surface area contributed by atoms with E-state index in [2.05, 4.69) is 9.97 Å². The molecule has 0 unspecified atom stereocenters. The first-order chi connectivity index (χ1) is 8.75. The third-order valence-corrected chi connectivity index (χ3v) is 4.28. The first-order valence-corrected chi connectivity index (χ1v) is 6.88. The van der Waals surface area contributed by atoms with Crippen molar-refractivity contribution in [2.24, 2.45) is 0 Å². The molecule has 2 aromatic heterocycles. The number of carbonyl (C=O) groups excluding carboxylic acids is 1. The molecule has 0 saturated carbocycles. The van der Waals surface area contributed by atoms with E-state index >= 15 is 0 Å². The highest BCUT2D eigenvalue weighted by Crippen LogP contribution is 2.33. The highest BCUT2D eigenvalue weighted by molar-refractivity contribution is 8.18. The van der Waals surface area contributed by atoms with Crippen LogP contribution in [-0.4, -0.2) is 20.5 Å². The van der Waals surface area contributed by atoms with Gasteiger partial charge in [-0.3, -0.25) is 0 Å². The summed E-state index contributed by atoms with van der Waals surface area (Å²) in [6, 6.07) is 10.7. The van der Waals surface area contributed by atoms with Crippen LogP contribution in [0.2, 0.25) is 0 Å². The number of aliphatic carboxylic acids is 1. The molecule has 0 amide bonds. The summed E-state index contributed by atoms with van der Waals surface area (Å²) >= 11 is 2.28. The molecule has 0 saturated heterocycles. The first kappa shape index (κ1) is 12.9. The van der Waals surface area contributed by atoms with Crippen LogP contribution in [0.4, 0.5) is 0 Å². The molecule has 18 heavy (non-hydrogen) atoms. The molecule has 92 valence electrons. The maximum Gasteiger partial charge on any atom is 0.102 e. The Morgan fingerprint density at radius 3 is 1.83 bits per heavy atom. The Morgan fingerprint density at radius 1 is 1.00 bits per heavy atom. The van der Waals surface area contributed by atoms with Gasteiger partial charge in [0, 0.05) is 12.4 Å². The van der Waals surface area contributed by atoms with E-state index in [1.165, 1.54) is 0 Å². The van der Waals surface area contributed by atoms with Gasteiger partial charge < -0.3 is 9.90 Å². The molecule has 0 bridgehead atoms. The van der Waals surface area contributed by atoms with E-state index in [1.807, 2.05) is 12.1 Å². The summed E-state index contributed by atoms with van der Waals surface area (Å²) in [5, 5.41) is 12.4. The minimum absolute atomic E-state index is 0.648. The van der Waals surface area contributed by atoms with Crippen LogP contribution < -0.4 is 5.11 Å². The molecule has 2 heterocycles. The normalized spacial score (nSPS) is 10.5. The van der Waals surface area contributed by atoms with Crippen molar-refractivity contribution in [3.8, 4) is 0 Å². The number of carboxylic acids is 1. The lowest BCUT2D eigenvalue weighted by molar-refractivity contribution is -0.302. The van der Waals surface area contributed by atoms with Gasteiger partial charge in [-0.1, -0.05) is 35.7 Å². The Labute approximate surface area is 113 Å². The number of hydrogen-bond donors (Lipinski definition) is 0. The molecular weight excluding hydrogens is 268 g/mol. The van der Waals surface area contributed by atoms with Crippen molar-refractivity contribution in [3.63, 3.8) is 0 Å². The standard InChI is InChI=1S/C12H10N2O2S2/c15-11(16)12(17-9-5-1-3-7-13-9)18-10-6-2-4-8-14-10/h1-8,12H,(H,15,16)/p-1. The van der Waals surface area contributed by atoms with Gasteiger partial charge in [-0.05, 0) is 24.3 Å². The zero-order valence-corrected chi connectivity index (χ0v) is 10.9. The molecule has 0 atom stereocenters. The fourth-order valence-corrected chi connectivity index (χ4v) is 3.15. The van der Waals surface area contributed by atoms with Gasteiger partial charge in [0.05, 0.1) is 16.0 Å². The Balaban J connectivity index is 2.08. The topological polar surface area (TPSA) is 65.9 Å². The quantitative estimate of drug-likeness (QED) is 0.608. The van der Waals surface area contributed by atoms with Crippen molar-refractivity contribution < 1.29 is 9.90 Å². The van der Waals surface area contributed by atoms with Gasteiger partial charge in [0.15, 0.2) is 0 Å². The lowest BCUT2D eigenvalue weighted by Gasteiger charge is -2.15. The van der Waals surface area contributed by atoms with E-state index in [4.69, 9.17) is 0 Å². The summed E-state index contributed by atoms with van der Waals surface area (Å²) in [6.07, 6.45) is 3.25. The third-order valence-electron chi connectivity index (χ3n) is 1.92. The van der Waals surface area contributed by atoms with E-state index < -0.39 is 10.6 Å². The molecule has 2 aromatic rings. The van der Waals surface area contributed by atoms with Crippen LogP contribution in [0.1, 0.15) is 0 Å². The van der Waals surface area contributed by atoms with E-state index in [9.17, 15) is 9.90 Å². The van der Waals surface area contributed by atoms with Crippen LogP contribution in [0.3, 0.4) is 0 Å². The van der Waals surface area contributed by atoms with Crippen LogP contribution in [-0.2, 0) is 4.79 Å². The number of rotatable bonds is 5. The number of carbonyl (C=O) groups is 1. The highest BCUT2D eigenvalue weighted by Gasteiger charge is 2.14. The maximum absolute atomic E-state index is 11.1. The maximum atomic E-state index is 11.1. The van der Waals surface area contributed by atoms with Crippen molar-refractivity contribution in [3.05, 3.63) is 48.8 Å². The molecule has 6 heteroatoms.